The molecule has 0 unspecified atom stereocenters. The highest BCUT2D eigenvalue weighted by Gasteiger charge is 2.25. The van der Waals surface area contributed by atoms with Gasteiger partial charge in [-0.1, -0.05) is 54.1 Å². The number of methoxy groups -OCH3 is 1. The van der Waals surface area contributed by atoms with Gasteiger partial charge in [0.05, 0.1) is 28.8 Å². The Morgan fingerprint density at radius 1 is 1.09 bits per heavy atom. The molecule has 0 aromatic heterocycles. The second-order valence-electron chi connectivity index (χ2n) is 6.93. The van der Waals surface area contributed by atoms with E-state index in [1.165, 1.54) is 5.56 Å². The van der Waals surface area contributed by atoms with E-state index in [-0.39, 0.29) is 11.6 Å². The van der Waals surface area contributed by atoms with Crippen LogP contribution >= 0.6 is 27.5 Å². The van der Waals surface area contributed by atoms with E-state index in [1.807, 2.05) is 24.3 Å². The maximum Gasteiger partial charge on any atom is 0.363 e. The molecular weight excluding hydrogens is 494 g/mol. The van der Waals surface area contributed by atoms with Crippen molar-refractivity contribution in [1.29, 1.82) is 0 Å². The number of ether oxygens (including phenoxy) is 3. The second-order valence-corrected chi connectivity index (χ2v) is 8.20. The molecule has 0 saturated heterocycles. The van der Waals surface area contributed by atoms with E-state index in [0.29, 0.717) is 38.7 Å². The summed E-state index contributed by atoms with van der Waals surface area (Å²) >= 11 is 9.73. The van der Waals surface area contributed by atoms with Crippen molar-refractivity contribution in [2.75, 3.05) is 13.7 Å². The number of rotatable bonds is 7. The monoisotopic (exact) mass is 511 g/mol. The van der Waals surface area contributed by atoms with Gasteiger partial charge >= 0.3 is 5.97 Å². The highest BCUT2D eigenvalue weighted by Crippen LogP contribution is 2.37. The van der Waals surface area contributed by atoms with E-state index in [4.69, 9.17) is 25.8 Å². The third-order valence-electron chi connectivity index (χ3n) is 4.76. The summed E-state index contributed by atoms with van der Waals surface area (Å²) in [5, 5.41) is 0.460. The highest BCUT2D eigenvalue weighted by atomic mass is 79.9. The first-order valence-electron chi connectivity index (χ1n) is 9.87. The summed E-state index contributed by atoms with van der Waals surface area (Å²) in [6.45, 7) is 0.497. The topological polar surface area (TPSA) is 57.1 Å². The summed E-state index contributed by atoms with van der Waals surface area (Å²) in [6.07, 6.45) is 2.40. The number of halogens is 2. The third kappa shape index (κ3) is 5.03. The lowest BCUT2D eigenvalue weighted by Crippen LogP contribution is -2.05. The van der Waals surface area contributed by atoms with Gasteiger partial charge in [-0.25, -0.2) is 9.79 Å². The van der Waals surface area contributed by atoms with E-state index in [0.717, 1.165) is 6.42 Å². The first kappa shape index (κ1) is 22.1. The Kier molecular flexibility index (Phi) is 6.93. The average molecular weight is 513 g/mol. The lowest BCUT2D eigenvalue weighted by Gasteiger charge is -2.13. The lowest BCUT2D eigenvalue weighted by molar-refractivity contribution is -0.129. The van der Waals surface area contributed by atoms with Gasteiger partial charge in [-0.3, -0.25) is 0 Å². The zero-order chi connectivity index (χ0) is 22.5. The van der Waals surface area contributed by atoms with Gasteiger partial charge in [-0.05, 0) is 57.4 Å². The maximum atomic E-state index is 12.3. The molecule has 3 aromatic rings. The van der Waals surface area contributed by atoms with Gasteiger partial charge in [0, 0.05) is 6.42 Å². The summed E-state index contributed by atoms with van der Waals surface area (Å²) < 4.78 is 17.5. The minimum Gasteiger partial charge on any atom is -0.493 e. The number of esters is 1. The molecule has 3 aromatic carbocycles. The molecule has 0 atom stereocenters. The Morgan fingerprint density at radius 2 is 1.84 bits per heavy atom. The summed E-state index contributed by atoms with van der Waals surface area (Å²) in [6, 6.07) is 20.8. The fourth-order valence-corrected chi connectivity index (χ4v) is 3.99. The van der Waals surface area contributed by atoms with Crippen LogP contribution in [0.25, 0.3) is 6.08 Å². The third-order valence-corrected chi connectivity index (χ3v) is 5.68. The predicted octanol–water partition coefficient (Wildman–Crippen LogP) is 6.08. The largest absolute Gasteiger partial charge is 0.493 e. The summed E-state index contributed by atoms with van der Waals surface area (Å²) in [4.78, 5) is 16.7. The molecule has 1 aliphatic rings. The van der Waals surface area contributed by atoms with Crippen LogP contribution in [0.2, 0.25) is 5.02 Å². The van der Waals surface area contributed by atoms with Gasteiger partial charge in [0.2, 0.25) is 5.90 Å². The molecule has 0 radical (unpaired) electrons. The molecule has 0 amide bonds. The van der Waals surface area contributed by atoms with Crippen LogP contribution in [0, 0.1) is 0 Å². The van der Waals surface area contributed by atoms with Crippen molar-refractivity contribution < 1.29 is 19.0 Å². The number of hydrogen-bond acceptors (Lipinski definition) is 5. The zero-order valence-electron chi connectivity index (χ0n) is 17.2. The molecule has 0 bridgehead atoms. The van der Waals surface area contributed by atoms with Crippen LogP contribution in [-0.4, -0.2) is 25.6 Å². The molecule has 32 heavy (non-hydrogen) atoms. The lowest BCUT2D eigenvalue weighted by atomic mass is 10.1. The normalized spacial score (nSPS) is 14.3. The van der Waals surface area contributed by atoms with Crippen LogP contribution in [0.15, 0.2) is 81.9 Å². The van der Waals surface area contributed by atoms with Crippen LogP contribution in [0.3, 0.4) is 0 Å². The van der Waals surface area contributed by atoms with Crippen molar-refractivity contribution in [3.8, 4) is 11.5 Å². The average Bonchev–Trinajstić information content (AvgIpc) is 3.15. The molecule has 0 N–H and O–H groups in total. The summed E-state index contributed by atoms with van der Waals surface area (Å²) in [5.41, 5.74) is 2.63. The van der Waals surface area contributed by atoms with E-state index in [2.05, 4.69) is 33.1 Å². The molecule has 0 spiro atoms. The number of cyclic esters (lactones) is 1. The summed E-state index contributed by atoms with van der Waals surface area (Å²) in [5.74, 6) is 0.776. The molecular formula is C25H19BrClNO4. The molecule has 1 heterocycles. The van der Waals surface area contributed by atoms with E-state index in [9.17, 15) is 4.79 Å². The van der Waals surface area contributed by atoms with Crippen molar-refractivity contribution in [2.24, 2.45) is 4.99 Å². The van der Waals surface area contributed by atoms with E-state index < -0.39 is 5.97 Å². The maximum absolute atomic E-state index is 12.3. The molecule has 0 fully saturated rings. The van der Waals surface area contributed by atoms with E-state index >= 15 is 0 Å². The van der Waals surface area contributed by atoms with Crippen LogP contribution < -0.4 is 9.47 Å². The van der Waals surface area contributed by atoms with Gasteiger partial charge in [-0.15, -0.1) is 0 Å². The Hall–Kier alpha value is -3.09. The first-order chi connectivity index (χ1) is 15.5. The number of hydrogen-bond donors (Lipinski definition) is 0. The number of nitrogens with zero attached hydrogens (tertiary/aromatic N) is 1. The van der Waals surface area contributed by atoms with Gasteiger partial charge in [0.25, 0.3) is 0 Å². The number of benzene rings is 3. The fraction of sp³-hybridized carbons (Fsp3) is 0.120. The van der Waals surface area contributed by atoms with Crippen molar-refractivity contribution in [3.05, 3.63) is 98.6 Å². The van der Waals surface area contributed by atoms with Crippen molar-refractivity contribution in [3.63, 3.8) is 0 Å². The number of carbonyl (C=O) groups is 1. The number of aliphatic imine (C=N–C) groups is 1. The quantitative estimate of drug-likeness (QED) is 0.284. The molecule has 162 valence electrons. The van der Waals surface area contributed by atoms with Crippen molar-refractivity contribution in [2.45, 2.75) is 6.42 Å². The summed E-state index contributed by atoms with van der Waals surface area (Å²) in [7, 11) is 1.57. The Labute approximate surface area is 199 Å². The highest BCUT2D eigenvalue weighted by molar-refractivity contribution is 9.10. The zero-order valence-corrected chi connectivity index (χ0v) is 19.5. The Bertz CT molecular complexity index is 1210. The van der Waals surface area contributed by atoms with Crippen molar-refractivity contribution in [1.82, 2.24) is 0 Å². The minimum atomic E-state index is -0.543. The van der Waals surface area contributed by atoms with Crippen LogP contribution in [-0.2, 0) is 16.0 Å². The molecule has 4 rings (SSSR count). The Morgan fingerprint density at radius 3 is 2.59 bits per heavy atom. The van der Waals surface area contributed by atoms with Crippen molar-refractivity contribution >= 4 is 45.5 Å². The molecule has 1 aliphatic heterocycles. The van der Waals surface area contributed by atoms with Gasteiger partial charge in [0.1, 0.15) is 0 Å². The molecule has 5 nitrogen and oxygen atoms in total. The Balaban J connectivity index is 1.55. The smallest absolute Gasteiger partial charge is 0.363 e. The molecule has 7 heteroatoms. The first-order valence-corrected chi connectivity index (χ1v) is 11.0. The second kappa shape index (κ2) is 10.0. The van der Waals surface area contributed by atoms with Gasteiger partial charge in [0.15, 0.2) is 17.2 Å². The predicted molar refractivity (Wildman–Crippen MR) is 128 cm³/mol. The van der Waals surface area contributed by atoms with E-state index in [1.54, 1.807) is 43.5 Å². The SMILES string of the molecule is COc1cc(/C=C2\N=C(c3ccccc3Cl)OC2=O)cc(Br)c1OCCc1ccccc1. The van der Waals surface area contributed by atoms with Gasteiger partial charge in [-0.2, -0.15) is 0 Å². The van der Waals surface area contributed by atoms with Crippen LogP contribution in [0.4, 0.5) is 0 Å². The fourth-order valence-electron chi connectivity index (χ4n) is 3.20. The molecule has 0 aliphatic carbocycles. The molecule has 0 saturated carbocycles. The van der Waals surface area contributed by atoms with Crippen LogP contribution in [0.1, 0.15) is 16.7 Å². The standard InChI is InChI=1S/C25H19BrClNO4/c1-30-22-15-17(13-19(26)23(22)31-12-11-16-7-3-2-4-8-16)14-21-25(29)32-24(28-21)18-9-5-6-10-20(18)27/h2-10,13-15H,11-12H2,1H3/b21-14-. The van der Waals surface area contributed by atoms with Gasteiger partial charge < -0.3 is 14.2 Å². The minimum absolute atomic E-state index is 0.173. The number of carbonyl (C=O) groups excluding carboxylic acids is 1. The van der Waals surface area contributed by atoms with Crippen LogP contribution in [0.5, 0.6) is 11.5 Å².